The number of aromatic nitrogens is 2. The molecule has 7 nitrogen and oxygen atoms in total. The predicted molar refractivity (Wildman–Crippen MR) is 154 cm³/mol. The molecule has 4 rings (SSSR count). The lowest BCUT2D eigenvalue weighted by Gasteiger charge is -2.27. The number of hydrogen-bond acceptors (Lipinski definition) is 5. The molecule has 41 heavy (non-hydrogen) atoms. The first kappa shape index (κ1) is 29.4. The molecule has 0 fully saturated rings. The van der Waals surface area contributed by atoms with E-state index in [1.54, 1.807) is 47.8 Å². The number of phenols is 1. The molecular weight excluding hydrogens is 551 g/mol. The number of imidazole rings is 1. The van der Waals surface area contributed by atoms with Crippen LogP contribution in [0.25, 0.3) is 0 Å². The Balaban J connectivity index is 1.49. The minimum Gasteiger partial charge on any atom is -0.504 e. The van der Waals surface area contributed by atoms with E-state index < -0.39 is 11.7 Å². The molecular formula is C30H28F3N5O2S. The molecule has 0 unspecified atom stereocenters. The number of methoxy groups -OCH3 is 1. The zero-order valence-corrected chi connectivity index (χ0v) is 23.0. The Morgan fingerprint density at radius 2 is 1.90 bits per heavy atom. The number of hydrogen-bond donors (Lipinski definition) is 2. The van der Waals surface area contributed by atoms with Crippen molar-refractivity contribution in [2.24, 2.45) is 0 Å². The van der Waals surface area contributed by atoms with Gasteiger partial charge in [0, 0.05) is 43.3 Å². The van der Waals surface area contributed by atoms with Gasteiger partial charge in [-0.3, -0.25) is 0 Å². The minimum absolute atomic E-state index is 0.0614. The van der Waals surface area contributed by atoms with Crippen LogP contribution >= 0.6 is 12.2 Å². The second-order valence-electron chi connectivity index (χ2n) is 9.32. The molecule has 11 heteroatoms. The molecule has 0 aliphatic heterocycles. The summed E-state index contributed by atoms with van der Waals surface area (Å²) in [6.45, 7) is 0.876. The van der Waals surface area contributed by atoms with Gasteiger partial charge in [-0.05, 0) is 66.5 Å². The number of rotatable bonds is 10. The van der Waals surface area contributed by atoms with E-state index in [2.05, 4.69) is 16.4 Å². The fourth-order valence-electron chi connectivity index (χ4n) is 4.39. The number of nitrogens with one attached hydrogen (secondary N) is 1. The molecule has 2 N–H and O–H groups in total. The van der Waals surface area contributed by atoms with Gasteiger partial charge < -0.3 is 24.6 Å². The Morgan fingerprint density at radius 3 is 2.59 bits per heavy atom. The molecule has 0 aliphatic rings. The van der Waals surface area contributed by atoms with E-state index >= 15 is 0 Å². The summed E-state index contributed by atoms with van der Waals surface area (Å²) in [5.74, 6) is 0.194. The lowest BCUT2D eigenvalue weighted by Crippen LogP contribution is -2.36. The zero-order chi connectivity index (χ0) is 29.4. The SMILES string of the molecule is COc1ccc(NC(=S)N(CCCc2cncn2Cc2ccc(C#N)cc2)Cc2ccccc2C(F)(F)F)cc1O. The number of nitriles is 1. The highest BCUT2D eigenvalue weighted by Crippen LogP contribution is 2.33. The summed E-state index contributed by atoms with van der Waals surface area (Å²) in [6.07, 6.45) is 0.191. The van der Waals surface area contributed by atoms with E-state index in [1.807, 2.05) is 16.7 Å². The van der Waals surface area contributed by atoms with Crippen LogP contribution in [0.15, 0.2) is 79.3 Å². The van der Waals surface area contributed by atoms with Crippen molar-refractivity contribution < 1.29 is 23.0 Å². The van der Waals surface area contributed by atoms with Crippen molar-refractivity contribution in [2.75, 3.05) is 19.0 Å². The normalized spacial score (nSPS) is 11.1. The molecule has 0 radical (unpaired) electrons. The number of halogens is 3. The maximum atomic E-state index is 13.7. The molecule has 212 valence electrons. The van der Waals surface area contributed by atoms with Crippen molar-refractivity contribution in [1.29, 1.82) is 5.26 Å². The van der Waals surface area contributed by atoms with Crippen LogP contribution in [0, 0.1) is 11.3 Å². The number of ether oxygens (including phenoxy) is 1. The first-order valence-corrected chi connectivity index (χ1v) is 13.1. The summed E-state index contributed by atoms with van der Waals surface area (Å²) < 4.78 is 48.3. The van der Waals surface area contributed by atoms with Crippen molar-refractivity contribution >= 4 is 23.0 Å². The van der Waals surface area contributed by atoms with E-state index in [1.165, 1.54) is 25.3 Å². The van der Waals surface area contributed by atoms with E-state index in [0.29, 0.717) is 37.2 Å². The quantitative estimate of drug-likeness (QED) is 0.211. The monoisotopic (exact) mass is 579 g/mol. The second kappa shape index (κ2) is 13.2. The Hall–Kier alpha value is -4.56. The van der Waals surface area contributed by atoms with Crippen LogP contribution in [0.5, 0.6) is 11.5 Å². The van der Waals surface area contributed by atoms with Gasteiger partial charge >= 0.3 is 6.18 Å². The molecule has 0 atom stereocenters. The average Bonchev–Trinajstić information content (AvgIpc) is 3.39. The van der Waals surface area contributed by atoms with Crippen LogP contribution in [0.1, 0.15) is 34.4 Å². The standard InChI is InChI=1S/C30H28F3N5O2S/c1-40-28-13-12-24(15-27(28)39)36-29(41)37(19-23-5-2-3-7-26(23)30(31,32)33)14-4-6-25-17-35-20-38(25)18-22-10-8-21(16-34)9-11-22/h2-3,5,7-13,15,17,20,39H,4,6,14,18-19H2,1H3,(H,36,41). The molecule has 3 aromatic carbocycles. The number of thiocarbonyl (C=S) groups is 1. The van der Waals surface area contributed by atoms with Crippen molar-refractivity contribution in [3.8, 4) is 17.6 Å². The number of aryl methyl sites for hydroxylation is 1. The van der Waals surface area contributed by atoms with Gasteiger partial charge in [0.2, 0.25) is 0 Å². The van der Waals surface area contributed by atoms with Crippen LogP contribution < -0.4 is 10.1 Å². The third kappa shape index (κ3) is 7.77. The highest BCUT2D eigenvalue weighted by molar-refractivity contribution is 7.80. The molecule has 0 saturated heterocycles. The van der Waals surface area contributed by atoms with E-state index in [0.717, 1.165) is 17.3 Å². The summed E-state index contributed by atoms with van der Waals surface area (Å²) in [7, 11) is 1.43. The number of phenolic OH excluding ortho intramolecular Hbond substituents is 1. The Bertz CT molecular complexity index is 1530. The Kier molecular flexibility index (Phi) is 9.47. The number of benzene rings is 3. The van der Waals surface area contributed by atoms with Gasteiger partial charge in [-0.1, -0.05) is 30.3 Å². The molecule has 0 aliphatic carbocycles. The fraction of sp³-hybridized carbons (Fsp3) is 0.233. The predicted octanol–water partition coefficient (Wildman–Crippen LogP) is 6.37. The van der Waals surface area contributed by atoms with Gasteiger partial charge in [-0.15, -0.1) is 0 Å². The third-order valence-electron chi connectivity index (χ3n) is 6.50. The van der Waals surface area contributed by atoms with Gasteiger partial charge in [0.05, 0.1) is 30.6 Å². The van der Waals surface area contributed by atoms with Crippen molar-refractivity contribution in [2.45, 2.75) is 32.1 Å². The second-order valence-corrected chi connectivity index (χ2v) is 9.71. The largest absolute Gasteiger partial charge is 0.504 e. The topological polar surface area (TPSA) is 86.3 Å². The molecule has 0 saturated carbocycles. The molecule has 1 heterocycles. The molecule has 0 bridgehead atoms. The van der Waals surface area contributed by atoms with Crippen molar-refractivity contribution in [3.05, 3.63) is 107 Å². The Labute approximate surface area is 241 Å². The number of anilines is 1. The van der Waals surface area contributed by atoms with E-state index in [4.69, 9.17) is 22.2 Å². The van der Waals surface area contributed by atoms with Crippen LogP contribution in [0.3, 0.4) is 0 Å². The maximum Gasteiger partial charge on any atom is 0.416 e. The minimum atomic E-state index is -4.50. The zero-order valence-electron chi connectivity index (χ0n) is 22.2. The summed E-state index contributed by atoms with van der Waals surface area (Å²) in [5.41, 5.74) is 2.43. The first-order valence-electron chi connectivity index (χ1n) is 12.7. The van der Waals surface area contributed by atoms with Gasteiger partial charge in [-0.25, -0.2) is 4.98 Å². The molecule has 1 aromatic heterocycles. The number of alkyl halides is 3. The van der Waals surface area contributed by atoms with Crippen molar-refractivity contribution in [3.63, 3.8) is 0 Å². The van der Waals surface area contributed by atoms with Gasteiger partial charge in [0.25, 0.3) is 0 Å². The molecule has 0 amide bonds. The lowest BCUT2D eigenvalue weighted by molar-refractivity contribution is -0.138. The maximum absolute atomic E-state index is 13.7. The summed E-state index contributed by atoms with van der Waals surface area (Å²) >= 11 is 5.62. The van der Waals surface area contributed by atoms with Crippen LogP contribution in [-0.2, 0) is 25.7 Å². The van der Waals surface area contributed by atoms with Crippen LogP contribution in [0.2, 0.25) is 0 Å². The summed E-state index contributed by atoms with van der Waals surface area (Å²) in [6, 6.07) is 19.5. The third-order valence-corrected chi connectivity index (χ3v) is 6.86. The molecule has 4 aromatic rings. The van der Waals surface area contributed by atoms with Gasteiger partial charge in [0.15, 0.2) is 16.6 Å². The molecule has 0 spiro atoms. The average molecular weight is 580 g/mol. The summed E-state index contributed by atoms with van der Waals surface area (Å²) in [4.78, 5) is 5.95. The lowest BCUT2D eigenvalue weighted by atomic mass is 10.1. The Morgan fingerprint density at radius 1 is 1.15 bits per heavy atom. The van der Waals surface area contributed by atoms with Gasteiger partial charge in [-0.2, -0.15) is 18.4 Å². The summed E-state index contributed by atoms with van der Waals surface area (Å²) in [5, 5.41) is 22.4. The smallest absolute Gasteiger partial charge is 0.416 e. The van der Waals surface area contributed by atoms with E-state index in [-0.39, 0.29) is 28.7 Å². The highest BCUT2D eigenvalue weighted by atomic mass is 32.1. The van der Waals surface area contributed by atoms with Gasteiger partial charge in [0.1, 0.15) is 0 Å². The van der Waals surface area contributed by atoms with Crippen LogP contribution in [0.4, 0.5) is 18.9 Å². The number of nitrogens with zero attached hydrogens (tertiary/aromatic N) is 4. The highest BCUT2D eigenvalue weighted by Gasteiger charge is 2.33. The first-order chi connectivity index (χ1) is 19.7. The van der Waals surface area contributed by atoms with Crippen molar-refractivity contribution in [1.82, 2.24) is 14.5 Å². The van der Waals surface area contributed by atoms with Crippen LogP contribution in [-0.4, -0.2) is 38.3 Å². The fourth-order valence-corrected chi connectivity index (χ4v) is 4.67. The number of aromatic hydroxyl groups is 1. The van der Waals surface area contributed by atoms with E-state index in [9.17, 15) is 18.3 Å².